The van der Waals surface area contributed by atoms with Crippen LogP contribution in [0.1, 0.15) is 5.56 Å². The average Bonchev–Trinajstić information content (AvgIpc) is 2.22. The van der Waals surface area contributed by atoms with Crippen LogP contribution in [0.3, 0.4) is 0 Å². The molecule has 0 aliphatic rings. The first-order chi connectivity index (χ1) is 7.04. The van der Waals surface area contributed by atoms with E-state index in [1.807, 2.05) is 13.0 Å². The molecule has 3 nitrogen and oxygen atoms in total. The number of nitrogens with one attached hydrogen (secondary N) is 1. The summed E-state index contributed by atoms with van der Waals surface area (Å²) in [4.78, 5) is 14.2. The largest absolute Gasteiger partial charge is 0.374 e. The molecule has 1 amide bonds. The molecule has 1 aromatic rings. The third-order valence-electron chi connectivity index (χ3n) is 1.71. The van der Waals surface area contributed by atoms with E-state index in [1.165, 1.54) is 0 Å². The maximum absolute atomic E-state index is 11.3. The first-order valence-corrected chi connectivity index (χ1v) is 4.93. The van der Waals surface area contributed by atoms with Crippen molar-refractivity contribution in [2.45, 2.75) is 12.4 Å². The number of hydrogen-bond donors (Lipinski definition) is 1. The van der Waals surface area contributed by atoms with Crippen LogP contribution in [0.4, 0.5) is 5.69 Å². The summed E-state index contributed by atoms with van der Waals surface area (Å²) in [6.07, 6.45) is 0. The number of benzene rings is 1. The van der Waals surface area contributed by atoms with Crippen molar-refractivity contribution in [2.75, 3.05) is 5.32 Å². The van der Waals surface area contributed by atoms with E-state index in [0.717, 1.165) is 5.56 Å². The molecule has 1 N–H and O–H groups in total. The van der Waals surface area contributed by atoms with Crippen LogP contribution in [0.15, 0.2) is 18.2 Å². The van der Waals surface area contributed by atoms with Crippen molar-refractivity contribution in [3.8, 4) is 0 Å². The number of aryl methyl sites for hydroxylation is 1. The molecule has 0 spiro atoms. The lowest BCUT2D eigenvalue weighted by atomic mass is 10.2. The molecule has 0 aliphatic heterocycles. The second-order valence-electron chi connectivity index (χ2n) is 2.94. The van der Waals surface area contributed by atoms with Gasteiger partial charge in [0.25, 0.3) is 0 Å². The molecule has 5 heteroatoms. The molecule has 1 unspecified atom stereocenters. The van der Waals surface area contributed by atoms with Gasteiger partial charge in [0.15, 0.2) is 0 Å². The smallest absolute Gasteiger partial charge is 0.317 e. The zero-order valence-electron chi connectivity index (χ0n) is 7.92. The number of carbonyl (C=O) groups excluding carboxylic acids is 1. The maximum atomic E-state index is 11.3. The summed E-state index contributed by atoms with van der Waals surface area (Å²) in [5, 5.41) is 2.90. The minimum absolute atomic E-state index is 0.419. The van der Waals surface area contributed by atoms with Gasteiger partial charge in [-0.1, -0.05) is 17.7 Å². The van der Waals surface area contributed by atoms with Crippen LogP contribution in [-0.4, -0.2) is 11.4 Å². The maximum Gasteiger partial charge on any atom is 0.374 e. The van der Waals surface area contributed by atoms with E-state index in [9.17, 15) is 4.79 Å². The average molecular weight is 243 g/mol. The summed E-state index contributed by atoms with van der Waals surface area (Å²) in [7, 11) is 0. The SMILES string of the molecule is [C-]#[N+]C(Cl)C(=O)Nc1cc(C)ccc1Cl. The molecule has 0 saturated carbocycles. The van der Waals surface area contributed by atoms with Crippen molar-refractivity contribution >= 4 is 34.8 Å². The molecule has 78 valence electrons. The van der Waals surface area contributed by atoms with Gasteiger partial charge >= 0.3 is 11.4 Å². The quantitative estimate of drug-likeness (QED) is 0.483. The normalized spacial score (nSPS) is 11.6. The Balaban J connectivity index is 2.86. The highest BCUT2D eigenvalue weighted by molar-refractivity contribution is 6.36. The van der Waals surface area contributed by atoms with Crippen LogP contribution in [-0.2, 0) is 4.79 Å². The lowest BCUT2D eigenvalue weighted by Gasteiger charge is -2.06. The Hall–Kier alpha value is -1.24. The molecule has 0 heterocycles. The molecule has 0 bridgehead atoms. The first kappa shape index (κ1) is 11.8. The first-order valence-electron chi connectivity index (χ1n) is 4.12. The van der Waals surface area contributed by atoms with E-state index in [2.05, 4.69) is 10.2 Å². The molecule has 1 rings (SSSR count). The predicted molar refractivity (Wildman–Crippen MR) is 61.1 cm³/mol. The number of carbonyl (C=O) groups is 1. The second-order valence-corrected chi connectivity index (χ2v) is 3.76. The van der Waals surface area contributed by atoms with Gasteiger partial charge in [0.05, 0.1) is 10.7 Å². The van der Waals surface area contributed by atoms with Gasteiger partial charge in [-0.15, -0.1) is 0 Å². The molecule has 0 radical (unpaired) electrons. The zero-order chi connectivity index (χ0) is 11.4. The van der Waals surface area contributed by atoms with Crippen LogP contribution >= 0.6 is 23.2 Å². The highest BCUT2D eigenvalue weighted by Crippen LogP contribution is 2.23. The van der Waals surface area contributed by atoms with Crippen molar-refractivity contribution in [3.63, 3.8) is 0 Å². The monoisotopic (exact) mass is 242 g/mol. The second kappa shape index (κ2) is 5.01. The third kappa shape index (κ3) is 3.12. The predicted octanol–water partition coefficient (Wildman–Crippen LogP) is 3.07. The molecular formula is C10H8Cl2N2O. The number of rotatable bonds is 2. The fraction of sp³-hybridized carbons (Fsp3) is 0.200. The third-order valence-corrected chi connectivity index (χ3v) is 2.33. The Morgan fingerprint density at radius 1 is 1.60 bits per heavy atom. The number of nitrogens with zero attached hydrogens (tertiary/aromatic N) is 1. The van der Waals surface area contributed by atoms with Crippen molar-refractivity contribution in [3.05, 3.63) is 40.2 Å². The molecule has 0 saturated heterocycles. The van der Waals surface area contributed by atoms with Gasteiger partial charge in [-0.25, -0.2) is 6.57 Å². The minimum atomic E-state index is -1.22. The molecule has 1 atom stereocenters. The molecule has 1 aromatic carbocycles. The summed E-state index contributed by atoms with van der Waals surface area (Å²) in [6, 6.07) is 5.21. The summed E-state index contributed by atoms with van der Waals surface area (Å²) in [6.45, 7) is 8.47. The van der Waals surface area contributed by atoms with Gasteiger partial charge in [0.2, 0.25) is 0 Å². The van der Waals surface area contributed by atoms with Crippen molar-refractivity contribution in [1.29, 1.82) is 0 Å². The Morgan fingerprint density at radius 2 is 2.27 bits per heavy atom. The van der Waals surface area contributed by atoms with E-state index in [4.69, 9.17) is 29.8 Å². The number of halogens is 2. The van der Waals surface area contributed by atoms with Crippen molar-refractivity contribution in [1.82, 2.24) is 0 Å². The van der Waals surface area contributed by atoms with E-state index >= 15 is 0 Å². The number of alkyl halides is 1. The Bertz CT molecular complexity index is 426. The molecule has 15 heavy (non-hydrogen) atoms. The van der Waals surface area contributed by atoms with Crippen LogP contribution in [0, 0.1) is 13.5 Å². The van der Waals surface area contributed by atoms with E-state index in [-0.39, 0.29) is 0 Å². The van der Waals surface area contributed by atoms with E-state index < -0.39 is 11.4 Å². The fourth-order valence-electron chi connectivity index (χ4n) is 0.986. The number of amides is 1. The lowest BCUT2D eigenvalue weighted by Crippen LogP contribution is -2.20. The Morgan fingerprint density at radius 3 is 2.87 bits per heavy atom. The Labute approximate surface area is 97.8 Å². The topological polar surface area (TPSA) is 33.5 Å². The zero-order valence-corrected chi connectivity index (χ0v) is 9.43. The lowest BCUT2D eigenvalue weighted by molar-refractivity contribution is -0.115. The highest BCUT2D eigenvalue weighted by atomic mass is 35.5. The number of anilines is 1. The van der Waals surface area contributed by atoms with Gasteiger partial charge in [0.1, 0.15) is 0 Å². The summed E-state index contributed by atoms with van der Waals surface area (Å²) in [5.41, 5.74) is 0.209. The van der Waals surface area contributed by atoms with Crippen LogP contribution < -0.4 is 5.32 Å². The van der Waals surface area contributed by atoms with Gasteiger partial charge in [-0.3, -0.25) is 9.64 Å². The van der Waals surface area contributed by atoms with Crippen LogP contribution in [0.25, 0.3) is 4.85 Å². The molecule has 0 aliphatic carbocycles. The van der Waals surface area contributed by atoms with E-state index in [1.54, 1.807) is 12.1 Å². The highest BCUT2D eigenvalue weighted by Gasteiger charge is 2.20. The number of hydrogen-bond acceptors (Lipinski definition) is 1. The molecular weight excluding hydrogens is 235 g/mol. The Kier molecular flexibility index (Phi) is 3.96. The van der Waals surface area contributed by atoms with Crippen LogP contribution in [0.2, 0.25) is 5.02 Å². The molecule has 0 aromatic heterocycles. The van der Waals surface area contributed by atoms with Crippen molar-refractivity contribution < 1.29 is 4.79 Å². The van der Waals surface area contributed by atoms with Crippen molar-refractivity contribution in [2.24, 2.45) is 0 Å². The standard InChI is InChI=1S/C10H8Cl2N2O/c1-6-3-4-7(11)8(5-6)14-10(15)9(12)13-2/h3-5,9H,1H3,(H,14,15). The minimum Gasteiger partial charge on any atom is -0.317 e. The van der Waals surface area contributed by atoms with Gasteiger partial charge < -0.3 is 5.32 Å². The summed E-state index contributed by atoms with van der Waals surface area (Å²) in [5.74, 6) is -0.570. The fourth-order valence-corrected chi connectivity index (χ4v) is 1.21. The van der Waals surface area contributed by atoms with Gasteiger partial charge in [-0.2, -0.15) is 0 Å². The summed E-state index contributed by atoms with van der Waals surface area (Å²) < 4.78 is 0. The summed E-state index contributed by atoms with van der Waals surface area (Å²) >= 11 is 11.3. The van der Waals surface area contributed by atoms with E-state index in [0.29, 0.717) is 10.7 Å². The van der Waals surface area contributed by atoms with Gasteiger partial charge in [0, 0.05) is 0 Å². The molecule has 0 fully saturated rings. The van der Waals surface area contributed by atoms with Gasteiger partial charge in [-0.05, 0) is 36.2 Å². The van der Waals surface area contributed by atoms with Crippen LogP contribution in [0.5, 0.6) is 0 Å².